The average molecular weight is 521 g/mol. The molecule has 4 rings (SSSR count). The Morgan fingerprint density at radius 2 is 0.833 bits per heavy atom. The number of aryl methyl sites for hydroxylation is 6. The van der Waals surface area contributed by atoms with Crippen LogP contribution in [0.5, 0.6) is 0 Å². The lowest BCUT2D eigenvalue weighted by Crippen LogP contribution is -2.17. The van der Waals surface area contributed by atoms with Crippen LogP contribution in [0.25, 0.3) is 0 Å². The van der Waals surface area contributed by atoms with Crippen LogP contribution in [-0.4, -0.2) is 28.3 Å². The molecule has 0 fully saturated rings. The van der Waals surface area contributed by atoms with E-state index in [4.69, 9.17) is 0 Å². The van der Waals surface area contributed by atoms with E-state index in [-0.39, 0.29) is 21.2 Å². The molecule has 0 unspecified atom stereocenters. The lowest BCUT2D eigenvalue weighted by atomic mass is 9.94. The molecule has 0 bridgehead atoms. The van der Waals surface area contributed by atoms with Gasteiger partial charge in [-0.05, 0) is 75.9 Å². The fourth-order valence-corrected chi connectivity index (χ4v) is 7.81. The second-order valence-electron chi connectivity index (χ2n) is 9.24. The van der Waals surface area contributed by atoms with Gasteiger partial charge in [0.1, 0.15) is 0 Å². The first kappa shape index (κ1) is 25.7. The van der Waals surface area contributed by atoms with Crippen molar-refractivity contribution in [2.45, 2.75) is 51.3 Å². The van der Waals surface area contributed by atoms with E-state index in [1.165, 1.54) is 12.2 Å². The molecule has 0 saturated heterocycles. The molecule has 0 aliphatic heterocycles. The number of sulfonamides is 2. The van der Waals surface area contributed by atoms with E-state index in [9.17, 15) is 16.8 Å². The fraction of sp³-hybridized carbons (Fsp3) is 0.214. The summed E-state index contributed by atoms with van der Waals surface area (Å²) in [5.74, 6) is 0. The highest BCUT2D eigenvalue weighted by Crippen LogP contribution is 2.28. The second-order valence-corrected chi connectivity index (χ2v) is 12.3. The summed E-state index contributed by atoms with van der Waals surface area (Å²) in [6, 6.07) is 14.2. The Morgan fingerprint density at radius 3 is 1.14 bits per heavy atom. The van der Waals surface area contributed by atoms with E-state index in [1.54, 1.807) is 52.0 Å². The summed E-state index contributed by atoms with van der Waals surface area (Å²) >= 11 is 0. The van der Waals surface area contributed by atoms with E-state index >= 15 is 0 Å². The van der Waals surface area contributed by atoms with Crippen LogP contribution in [0.1, 0.15) is 44.5 Å². The molecule has 3 aromatic carbocycles. The van der Waals surface area contributed by atoms with Crippen LogP contribution in [0.2, 0.25) is 0 Å². The molecule has 1 aliphatic carbocycles. The zero-order valence-corrected chi connectivity index (χ0v) is 22.8. The van der Waals surface area contributed by atoms with Gasteiger partial charge in [-0.15, -0.1) is 0 Å². The van der Waals surface area contributed by atoms with Gasteiger partial charge in [0.15, 0.2) is 0 Å². The minimum Gasteiger partial charge on any atom is -0.199 e. The summed E-state index contributed by atoms with van der Waals surface area (Å²) < 4.78 is 61.6. The zero-order valence-electron chi connectivity index (χ0n) is 21.1. The van der Waals surface area contributed by atoms with Gasteiger partial charge in [-0.3, -0.25) is 0 Å². The van der Waals surface area contributed by atoms with Gasteiger partial charge in [-0.2, -0.15) is 25.6 Å². The fourth-order valence-electron chi connectivity index (χ4n) is 4.92. The first-order valence-corrected chi connectivity index (χ1v) is 14.3. The van der Waals surface area contributed by atoms with Gasteiger partial charge >= 0.3 is 0 Å². The van der Waals surface area contributed by atoms with Crippen molar-refractivity contribution < 1.29 is 16.8 Å². The summed E-state index contributed by atoms with van der Waals surface area (Å²) in [6.45, 7) is 10.8. The van der Waals surface area contributed by atoms with E-state index in [1.807, 2.05) is 38.1 Å². The van der Waals surface area contributed by atoms with Crippen molar-refractivity contribution in [3.05, 3.63) is 105 Å². The van der Waals surface area contributed by atoms with Crippen LogP contribution < -0.4 is 0 Å². The van der Waals surface area contributed by atoms with Crippen LogP contribution >= 0.6 is 0 Å². The maximum atomic E-state index is 13.3. The Labute approximate surface area is 213 Å². The van der Waals surface area contributed by atoms with Crippen molar-refractivity contribution in [2.24, 2.45) is 8.80 Å². The molecule has 186 valence electrons. The molecule has 36 heavy (non-hydrogen) atoms. The number of allylic oxidation sites excluding steroid dienone is 2. The molecule has 0 heterocycles. The average Bonchev–Trinajstić information content (AvgIpc) is 2.73. The van der Waals surface area contributed by atoms with Crippen LogP contribution in [0.4, 0.5) is 0 Å². The summed E-state index contributed by atoms with van der Waals surface area (Å²) in [7, 11) is -8.03. The molecule has 8 heteroatoms. The van der Waals surface area contributed by atoms with Crippen molar-refractivity contribution in [1.29, 1.82) is 0 Å². The van der Waals surface area contributed by atoms with E-state index in [0.717, 1.165) is 11.1 Å². The summed E-state index contributed by atoms with van der Waals surface area (Å²) in [5.41, 5.74) is 5.90. The highest BCUT2D eigenvalue weighted by atomic mass is 32.2. The lowest BCUT2D eigenvalue weighted by Gasteiger charge is -2.16. The summed E-state index contributed by atoms with van der Waals surface area (Å²) in [5, 5.41) is 0. The molecule has 1 aliphatic rings. The van der Waals surface area contributed by atoms with Gasteiger partial charge in [0.2, 0.25) is 0 Å². The van der Waals surface area contributed by atoms with Gasteiger partial charge in [-0.25, -0.2) is 0 Å². The third kappa shape index (κ3) is 4.83. The van der Waals surface area contributed by atoms with Crippen LogP contribution in [-0.2, 0) is 20.0 Å². The molecule has 0 N–H and O–H groups in total. The summed E-state index contributed by atoms with van der Waals surface area (Å²) in [4.78, 5) is 0.359. The smallest absolute Gasteiger partial charge is 0.199 e. The number of hydrogen-bond acceptors (Lipinski definition) is 4. The number of rotatable bonds is 4. The predicted molar refractivity (Wildman–Crippen MR) is 144 cm³/mol. The minimum atomic E-state index is -4.01. The van der Waals surface area contributed by atoms with Crippen LogP contribution in [0.15, 0.2) is 79.3 Å². The standard InChI is InChI=1S/C28H28N2O4S2/c1-17-13-19(3)27(20(4)14-17)35(31,32)29-25-11-12-26(24-10-8-7-9-23(24)25)30-36(33,34)28-21(5)15-18(2)16-22(28)6/h7-16H,1-6H3/b29-25-,30-26+. The number of hydrogen-bond donors (Lipinski definition) is 0. The lowest BCUT2D eigenvalue weighted by molar-refractivity contribution is 0.595. The Hall–Kier alpha value is -3.36. The largest absolute Gasteiger partial charge is 0.283 e. The van der Waals surface area contributed by atoms with E-state index in [2.05, 4.69) is 8.80 Å². The van der Waals surface area contributed by atoms with Crippen LogP contribution in [0.3, 0.4) is 0 Å². The third-order valence-corrected chi connectivity index (χ3v) is 9.23. The Bertz CT molecular complexity index is 1540. The maximum absolute atomic E-state index is 13.3. The molecular formula is C28H28N2O4S2. The topological polar surface area (TPSA) is 93.0 Å². The van der Waals surface area contributed by atoms with Gasteiger partial charge < -0.3 is 0 Å². The highest BCUT2D eigenvalue weighted by molar-refractivity contribution is 7.90. The number of nitrogens with zero attached hydrogens (tertiary/aromatic N) is 2. The Morgan fingerprint density at radius 1 is 0.528 bits per heavy atom. The monoisotopic (exact) mass is 520 g/mol. The van der Waals surface area contributed by atoms with Gasteiger partial charge in [0.05, 0.1) is 21.2 Å². The number of fused-ring (bicyclic) bond motifs is 1. The molecule has 0 radical (unpaired) electrons. The molecule has 6 nitrogen and oxygen atoms in total. The molecule has 0 spiro atoms. The Balaban J connectivity index is 1.85. The second kappa shape index (κ2) is 9.26. The van der Waals surface area contributed by atoms with Crippen molar-refractivity contribution in [3.63, 3.8) is 0 Å². The summed E-state index contributed by atoms with van der Waals surface area (Å²) in [6.07, 6.45) is 3.00. The molecular weight excluding hydrogens is 492 g/mol. The molecule has 0 amide bonds. The first-order valence-electron chi connectivity index (χ1n) is 11.4. The van der Waals surface area contributed by atoms with Gasteiger partial charge in [-0.1, -0.05) is 59.7 Å². The zero-order chi connectivity index (χ0) is 26.4. The van der Waals surface area contributed by atoms with E-state index < -0.39 is 20.0 Å². The van der Waals surface area contributed by atoms with Gasteiger partial charge in [0.25, 0.3) is 20.0 Å². The molecule has 0 saturated carbocycles. The Kier molecular flexibility index (Phi) is 6.62. The minimum absolute atomic E-state index is 0.179. The van der Waals surface area contributed by atoms with Crippen molar-refractivity contribution in [1.82, 2.24) is 0 Å². The molecule has 0 aromatic heterocycles. The SMILES string of the molecule is Cc1cc(C)c(S(=O)(=O)/N=C2C=C/C(=N\S(=O)(=O)c3c(C)cc(C)cc3C)c3ccccc3/2)c(C)c1. The quantitative estimate of drug-likeness (QED) is 0.456. The molecule has 0 atom stereocenters. The van der Waals surface area contributed by atoms with Crippen LogP contribution in [0, 0.1) is 41.5 Å². The molecule has 3 aromatic rings. The van der Waals surface area contributed by atoms with Crippen molar-refractivity contribution in [3.8, 4) is 0 Å². The van der Waals surface area contributed by atoms with E-state index in [0.29, 0.717) is 33.4 Å². The first-order chi connectivity index (χ1) is 16.8. The highest BCUT2D eigenvalue weighted by Gasteiger charge is 2.25. The van der Waals surface area contributed by atoms with Gasteiger partial charge in [0, 0.05) is 11.1 Å². The van der Waals surface area contributed by atoms with Crippen molar-refractivity contribution >= 4 is 31.5 Å². The number of benzene rings is 3. The third-order valence-electron chi connectivity index (χ3n) is 6.04. The van der Waals surface area contributed by atoms with Crippen molar-refractivity contribution in [2.75, 3.05) is 0 Å². The predicted octanol–water partition coefficient (Wildman–Crippen LogP) is 5.46. The normalized spacial score (nSPS) is 15.9. The maximum Gasteiger partial charge on any atom is 0.283 e.